The van der Waals surface area contributed by atoms with Crippen LogP contribution in [0.3, 0.4) is 0 Å². The summed E-state index contributed by atoms with van der Waals surface area (Å²) in [6.07, 6.45) is 0.861. The quantitative estimate of drug-likeness (QED) is 0.313. The third-order valence-electron chi connectivity index (χ3n) is 5.68. The SMILES string of the molecule is c1ccc2cc(Cc3cccc4c3oc3ccc5ccccc5c34)ccc2c1. The zero-order chi connectivity index (χ0) is 18.5. The van der Waals surface area contributed by atoms with Crippen LogP contribution in [0.1, 0.15) is 11.1 Å². The Morgan fingerprint density at radius 3 is 2.25 bits per heavy atom. The van der Waals surface area contributed by atoms with Gasteiger partial charge in [-0.05, 0) is 38.7 Å². The van der Waals surface area contributed by atoms with Gasteiger partial charge in [-0.2, -0.15) is 0 Å². The van der Waals surface area contributed by atoms with Gasteiger partial charge in [0.25, 0.3) is 0 Å². The number of para-hydroxylation sites is 1. The molecule has 0 atom stereocenters. The van der Waals surface area contributed by atoms with Gasteiger partial charge in [-0.3, -0.25) is 0 Å². The normalized spacial score (nSPS) is 11.7. The largest absolute Gasteiger partial charge is 0.456 e. The van der Waals surface area contributed by atoms with Gasteiger partial charge in [-0.25, -0.2) is 0 Å². The molecule has 0 bridgehead atoms. The number of hydrogen-bond acceptors (Lipinski definition) is 1. The molecule has 132 valence electrons. The highest BCUT2D eigenvalue weighted by Crippen LogP contribution is 2.36. The Hall–Kier alpha value is -3.58. The summed E-state index contributed by atoms with van der Waals surface area (Å²) in [6.45, 7) is 0. The number of fused-ring (bicyclic) bond motifs is 6. The van der Waals surface area contributed by atoms with Crippen LogP contribution >= 0.6 is 0 Å². The summed E-state index contributed by atoms with van der Waals surface area (Å²) in [6, 6.07) is 34.5. The Morgan fingerprint density at radius 1 is 0.571 bits per heavy atom. The van der Waals surface area contributed by atoms with Crippen molar-refractivity contribution in [3.8, 4) is 0 Å². The molecule has 1 nitrogen and oxygen atoms in total. The van der Waals surface area contributed by atoms with Crippen LogP contribution in [-0.4, -0.2) is 0 Å². The maximum Gasteiger partial charge on any atom is 0.138 e. The van der Waals surface area contributed by atoms with Gasteiger partial charge in [0.15, 0.2) is 0 Å². The van der Waals surface area contributed by atoms with Crippen molar-refractivity contribution in [1.29, 1.82) is 0 Å². The minimum Gasteiger partial charge on any atom is -0.456 e. The molecule has 6 rings (SSSR count). The van der Waals surface area contributed by atoms with E-state index >= 15 is 0 Å². The molecule has 1 aromatic heterocycles. The second kappa shape index (κ2) is 5.97. The van der Waals surface area contributed by atoms with E-state index in [0.717, 1.165) is 17.6 Å². The standard InChI is InChI=1S/C27H18O/c1-2-8-21-16-18(12-13-19(21)6-1)17-22-9-5-11-24-26-23-10-4-3-7-20(23)14-15-25(26)28-27(22)24/h1-16H,17H2. The third kappa shape index (κ3) is 2.33. The second-order valence-corrected chi connectivity index (χ2v) is 7.41. The number of benzene rings is 5. The van der Waals surface area contributed by atoms with Crippen LogP contribution in [0, 0.1) is 0 Å². The molecule has 0 saturated carbocycles. The summed E-state index contributed by atoms with van der Waals surface area (Å²) < 4.78 is 6.35. The molecule has 1 heteroatoms. The molecule has 0 N–H and O–H groups in total. The molecule has 6 aromatic rings. The van der Waals surface area contributed by atoms with E-state index in [1.165, 1.54) is 43.4 Å². The Labute approximate surface area is 162 Å². The van der Waals surface area contributed by atoms with Crippen molar-refractivity contribution in [2.24, 2.45) is 0 Å². The van der Waals surface area contributed by atoms with Crippen molar-refractivity contribution in [2.45, 2.75) is 6.42 Å². The zero-order valence-electron chi connectivity index (χ0n) is 15.4. The maximum atomic E-state index is 6.35. The molecule has 28 heavy (non-hydrogen) atoms. The van der Waals surface area contributed by atoms with Crippen LogP contribution in [0.2, 0.25) is 0 Å². The summed E-state index contributed by atoms with van der Waals surface area (Å²) in [7, 11) is 0. The molecule has 0 aliphatic carbocycles. The Morgan fingerprint density at radius 2 is 1.32 bits per heavy atom. The third-order valence-corrected chi connectivity index (χ3v) is 5.68. The summed E-state index contributed by atoms with van der Waals surface area (Å²) in [5.41, 5.74) is 4.49. The average Bonchev–Trinajstić information content (AvgIpc) is 3.14. The minimum atomic E-state index is 0.861. The maximum absolute atomic E-state index is 6.35. The predicted molar refractivity (Wildman–Crippen MR) is 118 cm³/mol. The van der Waals surface area contributed by atoms with Gasteiger partial charge in [0.05, 0.1) is 0 Å². The van der Waals surface area contributed by atoms with E-state index in [1.807, 2.05) is 0 Å². The lowest BCUT2D eigenvalue weighted by Gasteiger charge is -2.05. The van der Waals surface area contributed by atoms with E-state index in [9.17, 15) is 0 Å². The Kier molecular flexibility index (Phi) is 3.30. The van der Waals surface area contributed by atoms with Crippen LogP contribution in [0.15, 0.2) is 101 Å². The second-order valence-electron chi connectivity index (χ2n) is 7.41. The van der Waals surface area contributed by atoms with Crippen molar-refractivity contribution >= 4 is 43.5 Å². The first-order chi connectivity index (χ1) is 13.9. The van der Waals surface area contributed by atoms with Crippen LogP contribution in [0.5, 0.6) is 0 Å². The highest BCUT2D eigenvalue weighted by Gasteiger charge is 2.13. The number of furan rings is 1. The minimum absolute atomic E-state index is 0.861. The van der Waals surface area contributed by atoms with Crippen LogP contribution in [0.4, 0.5) is 0 Å². The highest BCUT2D eigenvalue weighted by atomic mass is 16.3. The lowest BCUT2D eigenvalue weighted by Crippen LogP contribution is -1.89. The van der Waals surface area contributed by atoms with Crippen LogP contribution in [0.25, 0.3) is 43.5 Å². The van der Waals surface area contributed by atoms with Crippen molar-refractivity contribution < 1.29 is 4.42 Å². The molecule has 0 spiro atoms. The van der Waals surface area contributed by atoms with E-state index in [4.69, 9.17) is 4.42 Å². The van der Waals surface area contributed by atoms with Crippen molar-refractivity contribution in [3.05, 3.63) is 108 Å². The Balaban J connectivity index is 1.55. The van der Waals surface area contributed by atoms with Gasteiger partial charge in [-0.1, -0.05) is 91.0 Å². The lowest BCUT2D eigenvalue weighted by atomic mass is 9.98. The molecule has 0 unspecified atom stereocenters. The molecular formula is C27H18O. The van der Waals surface area contributed by atoms with E-state index in [1.54, 1.807) is 0 Å². The molecular weight excluding hydrogens is 340 g/mol. The molecule has 0 aliphatic rings. The fourth-order valence-electron chi connectivity index (χ4n) is 4.33. The zero-order valence-corrected chi connectivity index (χ0v) is 15.4. The molecule has 0 fully saturated rings. The van der Waals surface area contributed by atoms with E-state index < -0.39 is 0 Å². The molecule has 5 aromatic carbocycles. The lowest BCUT2D eigenvalue weighted by molar-refractivity contribution is 0.664. The summed E-state index contributed by atoms with van der Waals surface area (Å²) >= 11 is 0. The van der Waals surface area contributed by atoms with E-state index in [-0.39, 0.29) is 0 Å². The van der Waals surface area contributed by atoms with Gasteiger partial charge < -0.3 is 4.42 Å². The first kappa shape index (κ1) is 15.5. The number of hydrogen-bond donors (Lipinski definition) is 0. The summed E-state index contributed by atoms with van der Waals surface area (Å²) in [5, 5.41) is 7.47. The Bertz CT molecular complexity index is 1490. The smallest absolute Gasteiger partial charge is 0.138 e. The van der Waals surface area contributed by atoms with Crippen molar-refractivity contribution in [2.75, 3.05) is 0 Å². The van der Waals surface area contributed by atoms with Crippen LogP contribution < -0.4 is 0 Å². The summed E-state index contributed by atoms with van der Waals surface area (Å²) in [4.78, 5) is 0. The van der Waals surface area contributed by atoms with Crippen molar-refractivity contribution in [1.82, 2.24) is 0 Å². The van der Waals surface area contributed by atoms with Gasteiger partial charge in [0.2, 0.25) is 0 Å². The predicted octanol–water partition coefficient (Wildman–Crippen LogP) is 7.48. The van der Waals surface area contributed by atoms with Gasteiger partial charge in [0.1, 0.15) is 11.2 Å². The monoisotopic (exact) mass is 358 g/mol. The van der Waals surface area contributed by atoms with Gasteiger partial charge in [0, 0.05) is 17.2 Å². The number of rotatable bonds is 2. The first-order valence-electron chi connectivity index (χ1n) is 9.66. The first-order valence-corrected chi connectivity index (χ1v) is 9.66. The summed E-state index contributed by atoms with van der Waals surface area (Å²) in [5.74, 6) is 0. The fraction of sp³-hybridized carbons (Fsp3) is 0.0370. The molecule has 1 heterocycles. The molecule has 0 saturated heterocycles. The van der Waals surface area contributed by atoms with E-state index in [2.05, 4.69) is 97.1 Å². The van der Waals surface area contributed by atoms with Gasteiger partial charge in [-0.15, -0.1) is 0 Å². The molecule has 0 radical (unpaired) electrons. The fourth-order valence-corrected chi connectivity index (χ4v) is 4.33. The molecule has 0 aliphatic heterocycles. The molecule has 0 amide bonds. The van der Waals surface area contributed by atoms with Crippen LogP contribution in [-0.2, 0) is 6.42 Å². The average molecular weight is 358 g/mol. The van der Waals surface area contributed by atoms with Crippen molar-refractivity contribution in [3.63, 3.8) is 0 Å². The highest BCUT2D eigenvalue weighted by molar-refractivity contribution is 6.19. The topological polar surface area (TPSA) is 13.1 Å². The van der Waals surface area contributed by atoms with Gasteiger partial charge >= 0.3 is 0 Å². The van der Waals surface area contributed by atoms with E-state index in [0.29, 0.717) is 0 Å².